The Labute approximate surface area is 375 Å². The van der Waals surface area contributed by atoms with E-state index < -0.39 is 0 Å². The number of hydrogen-bond acceptors (Lipinski definition) is 18. The Kier molecular flexibility index (Phi) is 50.8. The molecule has 0 saturated heterocycles. The molecule has 0 aliphatic carbocycles. The van der Waals surface area contributed by atoms with E-state index in [0.717, 1.165) is 0 Å². The van der Waals surface area contributed by atoms with Crippen LogP contribution >= 0.6 is 0 Å². The van der Waals surface area contributed by atoms with Gasteiger partial charge in [0.2, 0.25) is 0 Å². The number of rotatable bonds is 48. The Morgan fingerprint density at radius 1 is 0.210 bits per heavy atom. The van der Waals surface area contributed by atoms with Crippen LogP contribution in [0.3, 0.4) is 0 Å². The Bertz CT molecular complexity index is 828. The van der Waals surface area contributed by atoms with Gasteiger partial charge in [-0.25, -0.2) is 0 Å². The van der Waals surface area contributed by atoms with E-state index in [0.29, 0.717) is 159 Å². The van der Waals surface area contributed by atoms with E-state index in [9.17, 15) is 0 Å². The van der Waals surface area contributed by atoms with Crippen molar-refractivity contribution < 1.29 is 85.3 Å². The molecule has 8 atom stereocenters. The second-order valence-electron chi connectivity index (χ2n) is 14.8. The average Bonchev–Trinajstić information content (AvgIpc) is 3.27. The number of ether oxygens (including phenoxy) is 18. The van der Waals surface area contributed by atoms with Gasteiger partial charge >= 0.3 is 0 Å². The van der Waals surface area contributed by atoms with Crippen LogP contribution in [0.2, 0.25) is 0 Å². The molecular formula is C44H92O18. The highest BCUT2D eigenvalue weighted by Crippen LogP contribution is 2.05. The first-order valence-corrected chi connectivity index (χ1v) is 22.3. The molecule has 0 spiro atoms. The van der Waals surface area contributed by atoms with Crippen molar-refractivity contribution in [3.8, 4) is 0 Å². The molecule has 0 saturated carbocycles. The van der Waals surface area contributed by atoms with Gasteiger partial charge in [0.1, 0.15) is 0 Å². The van der Waals surface area contributed by atoms with Crippen LogP contribution in [0.1, 0.15) is 55.4 Å². The largest absolute Gasteiger partial charge is 0.382 e. The van der Waals surface area contributed by atoms with Gasteiger partial charge in [-0.3, -0.25) is 0 Å². The first-order chi connectivity index (χ1) is 30.0. The second-order valence-corrected chi connectivity index (χ2v) is 14.8. The van der Waals surface area contributed by atoms with Crippen LogP contribution in [0.4, 0.5) is 0 Å². The van der Waals surface area contributed by atoms with Crippen molar-refractivity contribution in [1.82, 2.24) is 0 Å². The van der Waals surface area contributed by atoms with Crippen molar-refractivity contribution in [1.29, 1.82) is 0 Å². The lowest BCUT2D eigenvalue weighted by atomic mass is 10.3. The van der Waals surface area contributed by atoms with E-state index in [2.05, 4.69) is 0 Å². The van der Waals surface area contributed by atoms with Crippen molar-refractivity contribution >= 4 is 0 Å². The fraction of sp³-hybridized carbons (Fsp3) is 1.00. The van der Waals surface area contributed by atoms with Crippen LogP contribution in [0.5, 0.6) is 0 Å². The summed E-state index contributed by atoms with van der Waals surface area (Å²) in [5.41, 5.74) is 0. The van der Waals surface area contributed by atoms with Gasteiger partial charge in [0.25, 0.3) is 0 Å². The van der Waals surface area contributed by atoms with Crippen LogP contribution < -0.4 is 0 Å². The molecule has 0 aromatic carbocycles. The highest BCUT2D eigenvalue weighted by Gasteiger charge is 2.14. The zero-order valence-electron chi connectivity index (χ0n) is 40.9. The van der Waals surface area contributed by atoms with Gasteiger partial charge in [-0.2, -0.15) is 0 Å². The third-order valence-electron chi connectivity index (χ3n) is 8.21. The normalized spacial score (nSPS) is 15.7. The monoisotopic (exact) mass is 909 g/mol. The van der Waals surface area contributed by atoms with Gasteiger partial charge < -0.3 is 85.3 Å². The SMILES string of the molecule is COCC(C)OCC(C)OCC(C)OCC(C)OCC(C)OCC(C)OCC(C)OCC(C)OC.COCCOCCOCCOCCOCCOCCOCCOCCOC. The Balaban J connectivity index is 0. The molecule has 18 heteroatoms. The third-order valence-corrected chi connectivity index (χ3v) is 8.21. The minimum absolute atomic E-state index is 0.00517. The Morgan fingerprint density at radius 3 is 0.565 bits per heavy atom. The number of hydrogen-bond donors (Lipinski definition) is 0. The van der Waals surface area contributed by atoms with Gasteiger partial charge in [-0.05, 0) is 55.4 Å². The molecule has 8 unspecified atom stereocenters. The summed E-state index contributed by atoms with van der Waals surface area (Å²) >= 11 is 0. The highest BCUT2D eigenvalue weighted by molar-refractivity contribution is 4.59. The molecule has 0 fully saturated rings. The zero-order chi connectivity index (χ0) is 46.3. The third kappa shape index (κ3) is 50.3. The Hall–Kier alpha value is -0.720. The summed E-state index contributed by atoms with van der Waals surface area (Å²) in [5.74, 6) is 0. The fourth-order valence-corrected chi connectivity index (χ4v) is 4.44. The summed E-state index contributed by atoms with van der Waals surface area (Å²) in [5, 5.41) is 0. The molecule has 62 heavy (non-hydrogen) atoms. The van der Waals surface area contributed by atoms with Crippen molar-refractivity contribution in [2.75, 3.05) is 187 Å². The minimum Gasteiger partial charge on any atom is -0.382 e. The highest BCUT2D eigenvalue weighted by atomic mass is 16.6. The summed E-state index contributed by atoms with van der Waals surface area (Å²) in [7, 11) is 6.63. The molecule has 0 rings (SSSR count). The van der Waals surface area contributed by atoms with Gasteiger partial charge in [-0.1, -0.05) is 0 Å². The van der Waals surface area contributed by atoms with E-state index in [4.69, 9.17) is 85.3 Å². The first kappa shape index (κ1) is 63.4. The lowest BCUT2D eigenvalue weighted by Gasteiger charge is -2.23. The topological polar surface area (TPSA) is 166 Å². The molecule has 0 bridgehead atoms. The van der Waals surface area contributed by atoms with Crippen molar-refractivity contribution in [2.24, 2.45) is 0 Å². The van der Waals surface area contributed by atoms with E-state index >= 15 is 0 Å². The summed E-state index contributed by atoms with van der Waals surface area (Å²) in [4.78, 5) is 0. The molecular weight excluding hydrogens is 816 g/mol. The molecule has 0 aliphatic heterocycles. The van der Waals surface area contributed by atoms with Crippen molar-refractivity contribution in [3.63, 3.8) is 0 Å². The summed E-state index contributed by atoms with van der Waals surface area (Å²) in [6, 6.07) is 0. The van der Waals surface area contributed by atoms with Crippen LogP contribution in [0.15, 0.2) is 0 Å². The lowest BCUT2D eigenvalue weighted by Crippen LogP contribution is -2.30. The molecule has 0 aromatic heterocycles. The van der Waals surface area contributed by atoms with Gasteiger partial charge in [0.15, 0.2) is 0 Å². The smallest absolute Gasteiger partial charge is 0.0781 e. The summed E-state index contributed by atoms with van der Waals surface area (Å²) < 4.78 is 98.0. The second kappa shape index (κ2) is 49.7. The maximum atomic E-state index is 5.87. The number of methoxy groups -OCH3 is 4. The molecule has 0 N–H and O–H groups in total. The maximum Gasteiger partial charge on any atom is 0.0781 e. The van der Waals surface area contributed by atoms with E-state index in [1.165, 1.54) is 0 Å². The predicted octanol–water partition coefficient (Wildman–Crippen LogP) is 3.90. The molecule has 0 aliphatic rings. The van der Waals surface area contributed by atoms with Crippen LogP contribution in [-0.4, -0.2) is 236 Å². The predicted molar refractivity (Wildman–Crippen MR) is 236 cm³/mol. The zero-order valence-corrected chi connectivity index (χ0v) is 40.9. The molecule has 0 radical (unpaired) electrons. The summed E-state index contributed by atoms with van der Waals surface area (Å²) in [6.45, 7) is 29.1. The van der Waals surface area contributed by atoms with Crippen molar-refractivity contribution in [2.45, 2.75) is 104 Å². The van der Waals surface area contributed by atoms with Crippen LogP contribution in [0, 0.1) is 0 Å². The minimum atomic E-state index is -0.0414. The first-order valence-electron chi connectivity index (χ1n) is 22.3. The molecule has 0 aromatic rings. The standard InChI is InChI=1S/C26H54O9.C18H38O9/c1-19(28-10)12-29-21(3)14-31-23(5)16-33-25(7)18-35-26(8)17-34-24(6)15-32-22(4)13-30-20(2)11-27-9;1-19-3-5-21-7-9-23-11-13-25-15-17-27-18-16-26-14-12-24-10-8-22-6-4-20-2/h19-26H,11-18H2,1-10H3;3-18H2,1-2H3. The van der Waals surface area contributed by atoms with Crippen LogP contribution in [0.25, 0.3) is 0 Å². The fourth-order valence-electron chi connectivity index (χ4n) is 4.44. The van der Waals surface area contributed by atoms with E-state index in [-0.39, 0.29) is 48.8 Å². The van der Waals surface area contributed by atoms with E-state index in [1.807, 2.05) is 55.4 Å². The average molecular weight is 909 g/mol. The van der Waals surface area contributed by atoms with Gasteiger partial charge in [0, 0.05) is 28.4 Å². The molecule has 0 amide bonds. The van der Waals surface area contributed by atoms with Crippen molar-refractivity contribution in [3.05, 3.63) is 0 Å². The van der Waals surface area contributed by atoms with E-state index in [1.54, 1.807) is 28.4 Å². The van der Waals surface area contributed by atoms with Gasteiger partial charge in [-0.15, -0.1) is 0 Å². The summed E-state index contributed by atoms with van der Waals surface area (Å²) in [6.07, 6.45) is -0.0104. The molecule has 0 heterocycles. The van der Waals surface area contributed by atoms with Gasteiger partial charge in [0.05, 0.1) is 207 Å². The molecule has 18 nitrogen and oxygen atoms in total. The maximum absolute atomic E-state index is 5.87. The quantitative estimate of drug-likeness (QED) is 0.0807. The molecule has 376 valence electrons. The Morgan fingerprint density at radius 2 is 0.387 bits per heavy atom. The van der Waals surface area contributed by atoms with Crippen LogP contribution in [-0.2, 0) is 85.3 Å². The lowest BCUT2D eigenvalue weighted by molar-refractivity contribution is -0.108.